The summed E-state index contributed by atoms with van der Waals surface area (Å²) in [6.45, 7) is 2.73. The van der Waals surface area contributed by atoms with Crippen LogP contribution in [0.3, 0.4) is 0 Å². The summed E-state index contributed by atoms with van der Waals surface area (Å²) in [5.41, 5.74) is 3.23. The maximum atomic E-state index is 13.8. The van der Waals surface area contributed by atoms with Gasteiger partial charge in [0.2, 0.25) is 5.91 Å². The molecule has 1 aromatic heterocycles. The highest BCUT2D eigenvalue weighted by Gasteiger charge is 2.35. The lowest BCUT2D eigenvalue weighted by molar-refractivity contribution is -0.124. The molecule has 32 heavy (non-hydrogen) atoms. The third-order valence-electron chi connectivity index (χ3n) is 6.73. The van der Waals surface area contributed by atoms with Gasteiger partial charge in [-0.15, -0.1) is 0 Å². The number of ether oxygens (including phenoxy) is 2. The zero-order valence-electron chi connectivity index (χ0n) is 18.4. The Morgan fingerprint density at radius 1 is 1.22 bits per heavy atom. The van der Waals surface area contributed by atoms with Crippen LogP contribution in [-0.4, -0.2) is 42.8 Å². The van der Waals surface area contributed by atoms with Crippen molar-refractivity contribution in [3.63, 3.8) is 0 Å². The second kappa shape index (κ2) is 8.43. The van der Waals surface area contributed by atoms with E-state index in [2.05, 4.69) is 10.3 Å². The number of rotatable bonds is 3. The second-order valence-electron chi connectivity index (χ2n) is 8.77. The van der Waals surface area contributed by atoms with Crippen molar-refractivity contribution < 1.29 is 19.1 Å². The fourth-order valence-corrected chi connectivity index (χ4v) is 4.90. The van der Waals surface area contributed by atoms with E-state index in [0.717, 1.165) is 54.1 Å². The lowest BCUT2D eigenvalue weighted by Crippen LogP contribution is -2.38. The maximum Gasteiger partial charge on any atom is 0.414 e. The first kappa shape index (κ1) is 20.8. The lowest BCUT2D eigenvalue weighted by Gasteiger charge is -2.32. The predicted molar refractivity (Wildman–Crippen MR) is 121 cm³/mol. The molecule has 8 nitrogen and oxygen atoms in total. The zero-order chi connectivity index (χ0) is 22.2. The highest BCUT2D eigenvalue weighted by atomic mass is 16.6. The van der Waals surface area contributed by atoms with Crippen molar-refractivity contribution in [3.05, 3.63) is 42.1 Å². The molecule has 1 saturated heterocycles. The van der Waals surface area contributed by atoms with E-state index >= 15 is 0 Å². The van der Waals surface area contributed by atoms with Gasteiger partial charge in [-0.25, -0.2) is 9.78 Å². The van der Waals surface area contributed by atoms with Crippen molar-refractivity contribution in [2.45, 2.75) is 51.3 Å². The molecular formula is C24H28N4O4. The molecule has 1 atom stereocenters. The Hall–Kier alpha value is -3.13. The molecule has 1 saturated carbocycles. The maximum absolute atomic E-state index is 13.8. The van der Waals surface area contributed by atoms with Crippen LogP contribution >= 0.6 is 0 Å². The first-order chi connectivity index (χ1) is 15.5. The molecule has 0 spiro atoms. The molecule has 8 heteroatoms. The van der Waals surface area contributed by atoms with Gasteiger partial charge in [-0.05, 0) is 56.9 Å². The monoisotopic (exact) mass is 436 g/mol. The summed E-state index contributed by atoms with van der Waals surface area (Å²) in [5.74, 6) is 0.800. The SMILES string of the molecule is COC1CCC(C(=O)N2Cc3cccnc3Nc3ccc(N4C(=O)OCC4C)cc32)CC1. The van der Waals surface area contributed by atoms with Crippen molar-refractivity contribution >= 4 is 34.9 Å². The number of nitrogens with zero attached hydrogens (tertiary/aromatic N) is 3. The topological polar surface area (TPSA) is 84.0 Å². The summed E-state index contributed by atoms with van der Waals surface area (Å²) in [4.78, 5) is 34.0. The molecule has 2 amide bonds. The van der Waals surface area contributed by atoms with Gasteiger partial charge >= 0.3 is 6.09 Å². The molecule has 3 aliphatic rings. The number of benzene rings is 1. The Bertz CT molecular complexity index is 1030. The fourth-order valence-electron chi connectivity index (χ4n) is 4.90. The van der Waals surface area contributed by atoms with Gasteiger partial charge < -0.3 is 19.7 Å². The molecule has 1 N–H and O–H groups in total. The zero-order valence-corrected chi connectivity index (χ0v) is 18.4. The molecule has 2 aliphatic heterocycles. The van der Waals surface area contributed by atoms with Crippen LogP contribution in [0.1, 0.15) is 38.2 Å². The van der Waals surface area contributed by atoms with Gasteiger partial charge in [0.05, 0.1) is 30.1 Å². The summed E-state index contributed by atoms with van der Waals surface area (Å²) >= 11 is 0. The molecule has 2 fully saturated rings. The molecule has 168 valence electrons. The first-order valence-electron chi connectivity index (χ1n) is 11.2. The number of nitrogens with one attached hydrogen (secondary N) is 1. The summed E-state index contributed by atoms with van der Waals surface area (Å²) in [6, 6.07) is 9.52. The lowest BCUT2D eigenvalue weighted by atomic mass is 9.86. The molecule has 0 bridgehead atoms. The highest BCUT2D eigenvalue weighted by Crippen LogP contribution is 2.40. The number of hydrogen-bond donors (Lipinski definition) is 1. The van der Waals surface area contributed by atoms with Gasteiger partial charge in [-0.2, -0.15) is 0 Å². The van der Waals surface area contributed by atoms with E-state index in [-0.39, 0.29) is 30.1 Å². The van der Waals surface area contributed by atoms with Crippen LogP contribution in [0.2, 0.25) is 0 Å². The minimum Gasteiger partial charge on any atom is -0.447 e. The minimum absolute atomic E-state index is 0.0493. The quantitative estimate of drug-likeness (QED) is 0.776. The number of cyclic esters (lactones) is 1. The number of amides is 2. The second-order valence-corrected chi connectivity index (χ2v) is 8.77. The molecule has 3 heterocycles. The number of aromatic nitrogens is 1. The van der Waals surface area contributed by atoms with E-state index in [1.807, 2.05) is 42.2 Å². The number of carbonyl (C=O) groups excluding carboxylic acids is 2. The van der Waals surface area contributed by atoms with E-state index in [1.165, 1.54) is 0 Å². The summed E-state index contributed by atoms with van der Waals surface area (Å²) in [6.07, 6.45) is 5.02. The Kier molecular flexibility index (Phi) is 5.46. The predicted octanol–water partition coefficient (Wildman–Crippen LogP) is 4.22. The summed E-state index contributed by atoms with van der Waals surface area (Å²) < 4.78 is 10.7. The van der Waals surface area contributed by atoms with E-state index < -0.39 is 0 Å². The molecule has 5 rings (SSSR count). The molecule has 1 aromatic carbocycles. The van der Waals surface area contributed by atoms with Crippen LogP contribution in [0.5, 0.6) is 0 Å². The largest absolute Gasteiger partial charge is 0.447 e. The Labute approximate surface area is 187 Å². The normalized spacial score (nSPS) is 24.8. The van der Waals surface area contributed by atoms with Gasteiger partial charge in [-0.1, -0.05) is 6.07 Å². The third-order valence-corrected chi connectivity index (χ3v) is 6.73. The summed E-state index contributed by atoms with van der Waals surface area (Å²) in [5, 5.41) is 3.39. The van der Waals surface area contributed by atoms with Crippen LogP contribution < -0.4 is 15.1 Å². The average molecular weight is 437 g/mol. The highest BCUT2D eigenvalue weighted by molar-refractivity contribution is 6.01. The van der Waals surface area contributed by atoms with Crippen molar-refractivity contribution in [2.24, 2.45) is 5.92 Å². The number of hydrogen-bond acceptors (Lipinski definition) is 6. The Balaban J connectivity index is 1.53. The minimum atomic E-state index is -0.361. The summed E-state index contributed by atoms with van der Waals surface area (Å²) in [7, 11) is 1.74. The number of pyridine rings is 1. The van der Waals surface area contributed by atoms with Gasteiger partial charge in [-0.3, -0.25) is 9.69 Å². The van der Waals surface area contributed by atoms with Crippen molar-refractivity contribution in [1.29, 1.82) is 0 Å². The Morgan fingerprint density at radius 3 is 2.75 bits per heavy atom. The molecule has 2 aromatic rings. The standard InChI is InChI=1S/C24H28N4O4/c1-15-14-32-24(30)28(15)18-7-10-20-21(12-18)27(13-17-4-3-11-25-22(17)26-20)23(29)16-5-8-19(31-2)9-6-16/h3-4,7,10-12,15-16,19H,5-6,8-9,13-14H2,1-2H3,(H,25,26). The van der Waals surface area contributed by atoms with Gasteiger partial charge in [0.25, 0.3) is 0 Å². The van der Waals surface area contributed by atoms with Crippen molar-refractivity contribution in [3.8, 4) is 0 Å². The average Bonchev–Trinajstić information content (AvgIpc) is 3.06. The Morgan fingerprint density at radius 2 is 2.03 bits per heavy atom. The first-order valence-corrected chi connectivity index (χ1v) is 11.2. The fraction of sp³-hybridized carbons (Fsp3) is 0.458. The van der Waals surface area contributed by atoms with Crippen LogP contribution in [0.25, 0.3) is 0 Å². The van der Waals surface area contributed by atoms with Gasteiger partial charge in [0.15, 0.2) is 0 Å². The number of fused-ring (bicyclic) bond motifs is 2. The number of anilines is 4. The number of carbonyl (C=O) groups is 2. The van der Waals surface area contributed by atoms with Crippen molar-refractivity contribution in [1.82, 2.24) is 4.98 Å². The van der Waals surface area contributed by atoms with Crippen LogP contribution in [-0.2, 0) is 20.8 Å². The van der Waals surface area contributed by atoms with E-state index in [0.29, 0.717) is 13.2 Å². The van der Waals surface area contributed by atoms with Gasteiger partial charge in [0.1, 0.15) is 12.4 Å². The van der Waals surface area contributed by atoms with Crippen LogP contribution in [0.15, 0.2) is 36.5 Å². The molecule has 1 unspecified atom stereocenters. The molecule has 0 radical (unpaired) electrons. The van der Waals surface area contributed by atoms with E-state index in [1.54, 1.807) is 18.2 Å². The van der Waals surface area contributed by atoms with Gasteiger partial charge in [0, 0.05) is 30.5 Å². The smallest absolute Gasteiger partial charge is 0.414 e. The molecule has 1 aliphatic carbocycles. The van der Waals surface area contributed by atoms with Crippen LogP contribution in [0, 0.1) is 5.92 Å². The van der Waals surface area contributed by atoms with E-state index in [4.69, 9.17) is 9.47 Å². The molecular weight excluding hydrogens is 408 g/mol. The number of methoxy groups -OCH3 is 1. The van der Waals surface area contributed by atoms with Crippen molar-refractivity contribution in [2.75, 3.05) is 28.8 Å². The van der Waals surface area contributed by atoms with E-state index in [9.17, 15) is 9.59 Å². The van der Waals surface area contributed by atoms with Crippen LogP contribution in [0.4, 0.5) is 27.7 Å². The third kappa shape index (κ3) is 3.68.